The molecule has 0 saturated heterocycles. The van der Waals surface area contributed by atoms with Crippen LogP contribution in [0.15, 0.2) is 47.8 Å². The number of halogens is 1. The number of hydrogen-bond donors (Lipinski definition) is 2. The number of thiocarbonyl (C=S) groups is 1. The Hall–Kier alpha value is -2.94. The van der Waals surface area contributed by atoms with Crippen LogP contribution in [0.25, 0.3) is 11.1 Å². The van der Waals surface area contributed by atoms with Gasteiger partial charge < -0.3 is 14.8 Å². The molecule has 3 rings (SSSR count). The van der Waals surface area contributed by atoms with E-state index in [9.17, 15) is 9.59 Å². The van der Waals surface area contributed by atoms with Crippen LogP contribution in [-0.4, -0.2) is 30.2 Å². The molecule has 0 atom stereocenters. The smallest absolute Gasteiger partial charge is 0.341 e. The third-order valence-corrected chi connectivity index (χ3v) is 5.96. The highest BCUT2D eigenvalue weighted by Gasteiger charge is 2.22. The van der Waals surface area contributed by atoms with E-state index in [1.807, 2.05) is 49.6 Å². The van der Waals surface area contributed by atoms with Crippen LogP contribution >= 0.6 is 35.2 Å². The molecular weight excluding hydrogens is 480 g/mol. The fourth-order valence-corrected chi connectivity index (χ4v) is 4.37. The zero-order chi connectivity index (χ0) is 24.0. The van der Waals surface area contributed by atoms with Crippen LogP contribution in [0.1, 0.15) is 28.4 Å². The van der Waals surface area contributed by atoms with Crippen molar-refractivity contribution in [1.82, 2.24) is 5.32 Å². The molecule has 9 heteroatoms. The minimum atomic E-state index is -0.487. The van der Waals surface area contributed by atoms with Gasteiger partial charge in [0.15, 0.2) is 11.7 Å². The number of nitrogens with one attached hydrogen (secondary N) is 2. The van der Waals surface area contributed by atoms with Crippen molar-refractivity contribution in [3.63, 3.8) is 0 Å². The highest BCUT2D eigenvalue weighted by atomic mass is 35.5. The van der Waals surface area contributed by atoms with Gasteiger partial charge in [-0.25, -0.2) is 4.79 Å². The second-order valence-corrected chi connectivity index (χ2v) is 8.87. The van der Waals surface area contributed by atoms with E-state index >= 15 is 0 Å². The number of rotatable bonds is 7. The first-order valence-corrected chi connectivity index (χ1v) is 11.8. The molecule has 6 nitrogen and oxygen atoms in total. The lowest BCUT2D eigenvalue weighted by atomic mass is 10.0. The lowest BCUT2D eigenvalue weighted by Gasteiger charge is -2.12. The van der Waals surface area contributed by atoms with E-state index in [0.717, 1.165) is 16.7 Å². The fourth-order valence-electron chi connectivity index (χ4n) is 3.00. The first kappa shape index (κ1) is 24.7. The largest absolute Gasteiger partial charge is 0.483 e. The molecule has 2 aromatic carbocycles. The van der Waals surface area contributed by atoms with Crippen LogP contribution in [0, 0.1) is 13.8 Å². The van der Waals surface area contributed by atoms with Crippen molar-refractivity contribution in [2.75, 3.05) is 18.5 Å². The molecule has 0 radical (unpaired) electrons. The molecule has 0 fully saturated rings. The highest BCUT2D eigenvalue weighted by molar-refractivity contribution is 7.80. The van der Waals surface area contributed by atoms with Crippen molar-refractivity contribution in [2.45, 2.75) is 20.8 Å². The quantitative estimate of drug-likeness (QED) is 0.316. The fraction of sp³-hybridized carbons (Fsp3) is 0.208. The summed E-state index contributed by atoms with van der Waals surface area (Å²) in [5.41, 5.74) is 3.80. The van der Waals surface area contributed by atoms with Crippen molar-refractivity contribution >= 4 is 57.1 Å². The predicted molar refractivity (Wildman–Crippen MR) is 136 cm³/mol. The summed E-state index contributed by atoms with van der Waals surface area (Å²) in [6.45, 7) is 5.62. The molecule has 0 bridgehead atoms. The number of esters is 1. The van der Waals surface area contributed by atoms with E-state index in [4.69, 9.17) is 33.3 Å². The van der Waals surface area contributed by atoms with Crippen LogP contribution in [0.3, 0.4) is 0 Å². The Morgan fingerprint density at radius 1 is 1.12 bits per heavy atom. The maximum atomic E-state index is 12.7. The number of anilines is 1. The number of thiophene rings is 1. The van der Waals surface area contributed by atoms with Gasteiger partial charge in [0.2, 0.25) is 0 Å². The van der Waals surface area contributed by atoms with Gasteiger partial charge in [0.1, 0.15) is 16.3 Å². The second kappa shape index (κ2) is 11.3. The average Bonchev–Trinajstić information content (AvgIpc) is 3.18. The van der Waals surface area contributed by atoms with Crippen molar-refractivity contribution < 1.29 is 19.1 Å². The molecule has 172 valence electrons. The van der Waals surface area contributed by atoms with Gasteiger partial charge in [0.05, 0.1) is 6.61 Å². The summed E-state index contributed by atoms with van der Waals surface area (Å²) < 4.78 is 10.8. The Balaban J connectivity index is 1.70. The van der Waals surface area contributed by atoms with Crippen LogP contribution < -0.4 is 15.4 Å². The number of amides is 1. The van der Waals surface area contributed by atoms with Crippen molar-refractivity contribution in [1.29, 1.82) is 0 Å². The number of hydrogen-bond acceptors (Lipinski definition) is 6. The van der Waals surface area contributed by atoms with Crippen LogP contribution in [0.5, 0.6) is 5.75 Å². The molecule has 0 spiro atoms. The van der Waals surface area contributed by atoms with Gasteiger partial charge in [-0.2, -0.15) is 0 Å². The molecule has 1 aromatic heterocycles. The van der Waals surface area contributed by atoms with Crippen molar-refractivity contribution in [2.24, 2.45) is 0 Å². The molecule has 2 N–H and O–H groups in total. The topological polar surface area (TPSA) is 76.7 Å². The third-order valence-electron chi connectivity index (χ3n) is 4.61. The van der Waals surface area contributed by atoms with Crippen LogP contribution in [0.4, 0.5) is 5.00 Å². The van der Waals surface area contributed by atoms with E-state index in [1.54, 1.807) is 19.1 Å². The summed E-state index contributed by atoms with van der Waals surface area (Å²) in [5, 5.41) is 8.46. The number of carbonyl (C=O) groups excluding carboxylic acids is 2. The standard InChI is InChI=1S/C24H23ClN2O4S2/c1-4-30-23(29)21-18(16-7-9-17(25)10-8-16)13-33-22(21)27-24(32)26-20(28)12-31-19-11-14(2)5-6-15(19)3/h5-11,13H,4,12H2,1-3H3,(H2,26,27,28,32). The summed E-state index contributed by atoms with van der Waals surface area (Å²) in [4.78, 5) is 25.0. The highest BCUT2D eigenvalue weighted by Crippen LogP contribution is 2.36. The first-order valence-electron chi connectivity index (χ1n) is 10.1. The Kier molecular flexibility index (Phi) is 8.43. The predicted octanol–water partition coefficient (Wildman–Crippen LogP) is 5.75. The number of ether oxygens (including phenoxy) is 2. The minimum absolute atomic E-state index is 0.0552. The SMILES string of the molecule is CCOC(=O)c1c(-c2ccc(Cl)cc2)csc1NC(=S)NC(=O)COc1cc(C)ccc1C. The van der Waals surface area contributed by atoms with Crippen LogP contribution in [0.2, 0.25) is 5.02 Å². The van der Waals surface area contributed by atoms with Crippen LogP contribution in [-0.2, 0) is 9.53 Å². The summed E-state index contributed by atoms with van der Waals surface area (Å²) in [6, 6.07) is 12.9. The molecule has 0 saturated carbocycles. The molecule has 0 unspecified atom stereocenters. The third kappa shape index (κ3) is 6.54. The Morgan fingerprint density at radius 2 is 1.85 bits per heavy atom. The zero-order valence-electron chi connectivity index (χ0n) is 18.4. The molecule has 0 aliphatic rings. The normalized spacial score (nSPS) is 10.4. The van der Waals surface area contributed by atoms with Gasteiger partial charge >= 0.3 is 5.97 Å². The lowest BCUT2D eigenvalue weighted by Crippen LogP contribution is -2.37. The van der Waals surface area contributed by atoms with Gasteiger partial charge in [-0.3, -0.25) is 10.1 Å². The van der Waals surface area contributed by atoms with Gasteiger partial charge in [-0.1, -0.05) is 35.9 Å². The van der Waals surface area contributed by atoms with Gasteiger partial charge in [-0.15, -0.1) is 11.3 Å². The van der Waals surface area contributed by atoms with Gasteiger partial charge in [-0.05, 0) is 67.9 Å². The van der Waals surface area contributed by atoms with Crippen molar-refractivity contribution in [3.05, 3.63) is 69.6 Å². The number of carbonyl (C=O) groups is 2. The molecule has 1 heterocycles. The summed E-state index contributed by atoms with van der Waals surface area (Å²) >= 11 is 12.6. The molecular formula is C24H23ClN2O4S2. The maximum Gasteiger partial charge on any atom is 0.341 e. The Labute approximate surface area is 206 Å². The Bertz CT molecular complexity index is 1180. The first-order chi connectivity index (χ1) is 15.8. The molecule has 33 heavy (non-hydrogen) atoms. The average molecular weight is 503 g/mol. The van der Waals surface area contributed by atoms with E-state index in [1.165, 1.54) is 11.3 Å². The molecule has 0 aliphatic heterocycles. The van der Waals surface area contributed by atoms with E-state index < -0.39 is 11.9 Å². The molecule has 0 aliphatic carbocycles. The molecule has 3 aromatic rings. The Morgan fingerprint density at radius 3 is 2.55 bits per heavy atom. The lowest BCUT2D eigenvalue weighted by molar-refractivity contribution is -0.121. The summed E-state index contributed by atoms with van der Waals surface area (Å²) in [7, 11) is 0. The monoisotopic (exact) mass is 502 g/mol. The van der Waals surface area contributed by atoms with E-state index in [-0.39, 0.29) is 18.3 Å². The van der Waals surface area contributed by atoms with E-state index in [2.05, 4.69) is 10.6 Å². The zero-order valence-corrected chi connectivity index (χ0v) is 20.7. The van der Waals surface area contributed by atoms with Crippen molar-refractivity contribution in [3.8, 4) is 16.9 Å². The number of benzene rings is 2. The number of aryl methyl sites for hydroxylation is 2. The summed E-state index contributed by atoms with van der Waals surface area (Å²) in [6.07, 6.45) is 0. The minimum Gasteiger partial charge on any atom is -0.483 e. The summed E-state index contributed by atoms with van der Waals surface area (Å²) in [5.74, 6) is -0.265. The van der Waals surface area contributed by atoms with Gasteiger partial charge in [0.25, 0.3) is 5.91 Å². The second-order valence-electron chi connectivity index (χ2n) is 7.14. The van der Waals surface area contributed by atoms with E-state index in [0.29, 0.717) is 26.9 Å². The van der Waals surface area contributed by atoms with Gasteiger partial charge in [0, 0.05) is 16.0 Å². The maximum absolute atomic E-state index is 12.7. The molecule has 1 amide bonds.